The number of benzene rings is 1. The number of likely N-dealkylation sites (tertiary alicyclic amines) is 1. The molecule has 0 amide bonds. The van der Waals surface area contributed by atoms with Crippen LogP contribution in [0.25, 0.3) is 0 Å². The van der Waals surface area contributed by atoms with E-state index in [1.165, 1.54) is 0 Å². The van der Waals surface area contributed by atoms with Gasteiger partial charge in [-0.2, -0.15) is 0 Å². The van der Waals surface area contributed by atoms with E-state index in [0.717, 1.165) is 43.5 Å². The molecule has 1 heterocycles. The molecule has 24 heavy (non-hydrogen) atoms. The molecule has 134 valence electrons. The third kappa shape index (κ3) is 5.13. The zero-order valence-corrected chi connectivity index (χ0v) is 15.0. The van der Waals surface area contributed by atoms with E-state index < -0.39 is 5.97 Å². The minimum Gasteiger partial charge on any atom is -0.493 e. The number of ether oxygens (including phenoxy) is 2. The number of carboxylic acids is 1. The summed E-state index contributed by atoms with van der Waals surface area (Å²) in [6, 6.07) is 5.50. The van der Waals surface area contributed by atoms with Gasteiger partial charge in [0.25, 0.3) is 0 Å². The smallest absolute Gasteiger partial charge is 0.320 e. The Balaban J connectivity index is 2.04. The molecule has 5 heteroatoms. The van der Waals surface area contributed by atoms with E-state index in [-0.39, 0.29) is 6.04 Å². The predicted molar refractivity (Wildman–Crippen MR) is 93.6 cm³/mol. The van der Waals surface area contributed by atoms with Gasteiger partial charge < -0.3 is 14.6 Å². The number of hydrogen-bond acceptors (Lipinski definition) is 4. The van der Waals surface area contributed by atoms with Crippen molar-refractivity contribution in [1.29, 1.82) is 0 Å². The molecule has 1 N–H and O–H groups in total. The zero-order valence-electron chi connectivity index (χ0n) is 15.0. The minimum atomic E-state index is -0.727. The highest BCUT2D eigenvalue weighted by molar-refractivity contribution is 5.73. The lowest BCUT2D eigenvalue weighted by Gasteiger charge is -2.32. The first-order valence-corrected chi connectivity index (χ1v) is 8.78. The SMILES string of the molecule is COc1cc(CN2CCCCC2C(=O)O)ccc1OCCC(C)C. The topological polar surface area (TPSA) is 59.0 Å². The van der Waals surface area contributed by atoms with Crippen LogP contribution in [0, 0.1) is 5.92 Å². The molecule has 0 spiro atoms. The van der Waals surface area contributed by atoms with Crippen LogP contribution in [0.4, 0.5) is 0 Å². The molecule has 1 aliphatic rings. The molecular formula is C19H29NO4. The maximum Gasteiger partial charge on any atom is 0.320 e. The maximum absolute atomic E-state index is 11.4. The molecule has 0 saturated carbocycles. The summed E-state index contributed by atoms with van der Waals surface area (Å²) in [4.78, 5) is 13.5. The molecule has 1 aromatic rings. The summed E-state index contributed by atoms with van der Waals surface area (Å²) in [6.07, 6.45) is 3.76. The van der Waals surface area contributed by atoms with Crippen LogP contribution in [0.1, 0.15) is 45.1 Å². The molecule has 1 aromatic carbocycles. The second-order valence-corrected chi connectivity index (χ2v) is 6.84. The van der Waals surface area contributed by atoms with E-state index in [0.29, 0.717) is 24.8 Å². The molecular weight excluding hydrogens is 306 g/mol. The van der Waals surface area contributed by atoms with Crippen molar-refractivity contribution in [2.75, 3.05) is 20.3 Å². The molecule has 1 saturated heterocycles. The normalized spacial score (nSPS) is 18.6. The highest BCUT2D eigenvalue weighted by atomic mass is 16.5. The summed E-state index contributed by atoms with van der Waals surface area (Å²) < 4.78 is 11.3. The highest BCUT2D eigenvalue weighted by Crippen LogP contribution is 2.30. The lowest BCUT2D eigenvalue weighted by atomic mass is 10.0. The van der Waals surface area contributed by atoms with E-state index in [1.807, 2.05) is 23.1 Å². The summed E-state index contributed by atoms with van der Waals surface area (Å²) >= 11 is 0. The van der Waals surface area contributed by atoms with Crippen molar-refractivity contribution < 1.29 is 19.4 Å². The molecule has 1 atom stereocenters. The summed E-state index contributed by atoms with van der Waals surface area (Å²) in [5.41, 5.74) is 1.05. The van der Waals surface area contributed by atoms with Crippen LogP contribution in [0.3, 0.4) is 0 Å². The fourth-order valence-electron chi connectivity index (χ4n) is 3.03. The van der Waals surface area contributed by atoms with Crippen LogP contribution >= 0.6 is 0 Å². The van der Waals surface area contributed by atoms with Crippen LogP contribution in [0.15, 0.2) is 18.2 Å². The molecule has 1 unspecified atom stereocenters. The van der Waals surface area contributed by atoms with Gasteiger partial charge in [-0.05, 0) is 49.4 Å². The Bertz CT molecular complexity index is 544. The van der Waals surface area contributed by atoms with Gasteiger partial charge in [-0.1, -0.05) is 26.3 Å². The number of rotatable bonds is 8. The van der Waals surface area contributed by atoms with Crippen LogP contribution in [-0.4, -0.2) is 42.3 Å². The molecule has 1 fully saturated rings. The number of carboxylic acid groups (broad SMARTS) is 1. The third-order valence-corrected chi connectivity index (χ3v) is 4.47. The predicted octanol–water partition coefficient (Wildman–Crippen LogP) is 3.56. The first-order chi connectivity index (χ1) is 11.5. The monoisotopic (exact) mass is 335 g/mol. The fraction of sp³-hybridized carbons (Fsp3) is 0.632. The largest absolute Gasteiger partial charge is 0.493 e. The van der Waals surface area contributed by atoms with Crippen molar-refractivity contribution in [3.8, 4) is 11.5 Å². The number of piperidine rings is 1. The minimum absolute atomic E-state index is 0.383. The van der Waals surface area contributed by atoms with Gasteiger partial charge in [0.2, 0.25) is 0 Å². The second-order valence-electron chi connectivity index (χ2n) is 6.84. The molecule has 0 aliphatic carbocycles. The van der Waals surface area contributed by atoms with Gasteiger partial charge in [-0.3, -0.25) is 9.69 Å². The van der Waals surface area contributed by atoms with Gasteiger partial charge in [-0.25, -0.2) is 0 Å². The van der Waals surface area contributed by atoms with Crippen molar-refractivity contribution in [3.63, 3.8) is 0 Å². The van der Waals surface area contributed by atoms with Gasteiger partial charge in [0, 0.05) is 6.54 Å². The van der Waals surface area contributed by atoms with E-state index in [2.05, 4.69) is 13.8 Å². The molecule has 5 nitrogen and oxygen atoms in total. The van der Waals surface area contributed by atoms with Crippen LogP contribution in [0.5, 0.6) is 11.5 Å². The number of carbonyl (C=O) groups is 1. The Kier molecular flexibility index (Phi) is 6.91. The first-order valence-electron chi connectivity index (χ1n) is 8.78. The molecule has 0 bridgehead atoms. The van der Waals surface area contributed by atoms with Crippen LogP contribution in [0.2, 0.25) is 0 Å². The molecule has 0 aromatic heterocycles. The number of aliphatic carboxylic acids is 1. The third-order valence-electron chi connectivity index (χ3n) is 4.47. The Labute approximate surface area is 144 Å². The van der Waals surface area contributed by atoms with Gasteiger partial charge in [0.05, 0.1) is 13.7 Å². The first kappa shape index (κ1) is 18.6. The van der Waals surface area contributed by atoms with Crippen molar-refractivity contribution in [2.45, 2.75) is 52.1 Å². The lowest BCUT2D eigenvalue weighted by Crippen LogP contribution is -2.43. The molecule has 1 aliphatic heterocycles. The Morgan fingerprint density at radius 2 is 2.12 bits per heavy atom. The standard InChI is InChI=1S/C19H29NO4/c1-14(2)9-11-24-17-8-7-15(12-18(17)23-3)13-20-10-5-4-6-16(20)19(21)22/h7-8,12,14,16H,4-6,9-11,13H2,1-3H3,(H,21,22). The van der Waals surface area contributed by atoms with Gasteiger partial charge in [0.15, 0.2) is 11.5 Å². The average Bonchev–Trinajstić information content (AvgIpc) is 2.56. The van der Waals surface area contributed by atoms with Crippen molar-refractivity contribution in [1.82, 2.24) is 4.90 Å². The summed E-state index contributed by atoms with van der Waals surface area (Å²) in [7, 11) is 1.63. The van der Waals surface area contributed by atoms with E-state index in [4.69, 9.17) is 9.47 Å². The number of nitrogens with zero attached hydrogens (tertiary/aromatic N) is 1. The van der Waals surface area contributed by atoms with Crippen LogP contribution < -0.4 is 9.47 Å². The summed E-state index contributed by atoms with van der Waals surface area (Å²) in [5.74, 6) is 1.33. The second kappa shape index (κ2) is 8.92. The van der Waals surface area contributed by atoms with Gasteiger partial charge in [-0.15, -0.1) is 0 Å². The van der Waals surface area contributed by atoms with Crippen molar-refractivity contribution >= 4 is 5.97 Å². The Morgan fingerprint density at radius 3 is 2.79 bits per heavy atom. The van der Waals surface area contributed by atoms with E-state index in [1.54, 1.807) is 7.11 Å². The quantitative estimate of drug-likeness (QED) is 0.787. The summed E-state index contributed by atoms with van der Waals surface area (Å²) in [6.45, 7) is 6.45. The number of hydrogen-bond donors (Lipinski definition) is 1. The van der Waals surface area contributed by atoms with Crippen molar-refractivity contribution in [3.05, 3.63) is 23.8 Å². The molecule has 2 rings (SSSR count). The lowest BCUT2D eigenvalue weighted by molar-refractivity contribution is -0.144. The van der Waals surface area contributed by atoms with E-state index in [9.17, 15) is 9.90 Å². The van der Waals surface area contributed by atoms with E-state index >= 15 is 0 Å². The average molecular weight is 335 g/mol. The fourth-order valence-corrected chi connectivity index (χ4v) is 3.03. The summed E-state index contributed by atoms with van der Waals surface area (Å²) in [5, 5.41) is 9.39. The van der Waals surface area contributed by atoms with Crippen LogP contribution in [-0.2, 0) is 11.3 Å². The Morgan fingerprint density at radius 1 is 1.33 bits per heavy atom. The highest BCUT2D eigenvalue weighted by Gasteiger charge is 2.28. The van der Waals surface area contributed by atoms with Gasteiger partial charge >= 0.3 is 5.97 Å². The number of methoxy groups -OCH3 is 1. The Hall–Kier alpha value is -1.75. The zero-order chi connectivity index (χ0) is 17.5. The molecule has 0 radical (unpaired) electrons. The maximum atomic E-state index is 11.4. The van der Waals surface area contributed by atoms with Crippen molar-refractivity contribution in [2.24, 2.45) is 5.92 Å². The van der Waals surface area contributed by atoms with Gasteiger partial charge in [0.1, 0.15) is 6.04 Å².